The van der Waals surface area contributed by atoms with Gasteiger partial charge in [-0.05, 0) is 88.6 Å². The number of nitrogens with zero attached hydrogens (tertiary/aromatic N) is 2. The summed E-state index contributed by atoms with van der Waals surface area (Å²) in [6.07, 6.45) is 3.36. The topological polar surface area (TPSA) is 51.0 Å². The van der Waals surface area contributed by atoms with Crippen LogP contribution in [0.15, 0.2) is 27.2 Å². The Morgan fingerprint density at radius 2 is 2.35 bits per heavy atom. The van der Waals surface area contributed by atoms with Crippen LogP contribution in [0.1, 0.15) is 18.7 Å². The van der Waals surface area contributed by atoms with Crippen molar-refractivity contribution in [3.63, 3.8) is 0 Å². The molecular weight excluding hydrogens is 433 g/mol. The van der Waals surface area contributed by atoms with Crippen molar-refractivity contribution in [2.24, 2.45) is 5.92 Å². The Hall–Kier alpha value is -0.470. The van der Waals surface area contributed by atoms with Gasteiger partial charge in [0, 0.05) is 14.5 Å². The van der Waals surface area contributed by atoms with E-state index in [9.17, 15) is 0 Å². The van der Waals surface area contributed by atoms with Gasteiger partial charge in [0.25, 0.3) is 5.89 Å². The van der Waals surface area contributed by atoms with Crippen LogP contribution in [0.5, 0.6) is 0 Å². The summed E-state index contributed by atoms with van der Waals surface area (Å²) in [4.78, 5) is 4.54. The molecule has 1 saturated heterocycles. The molecule has 106 valence electrons. The van der Waals surface area contributed by atoms with Crippen LogP contribution in [-0.4, -0.2) is 23.2 Å². The summed E-state index contributed by atoms with van der Waals surface area (Å²) < 4.78 is 7.54. The second-order valence-electron chi connectivity index (χ2n) is 5.06. The number of rotatable bonds is 3. The maximum atomic E-state index is 5.41. The third-order valence-electron chi connectivity index (χ3n) is 3.50. The van der Waals surface area contributed by atoms with E-state index < -0.39 is 0 Å². The molecule has 1 atom stereocenters. The van der Waals surface area contributed by atoms with Gasteiger partial charge in [-0.15, -0.1) is 0 Å². The Morgan fingerprint density at radius 1 is 1.45 bits per heavy atom. The number of hydrogen-bond acceptors (Lipinski definition) is 4. The van der Waals surface area contributed by atoms with E-state index in [2.05, 4.69) is 54.0 Å². The van der Waals surface area contributed by atoms with Crippen molar-refractivity contribution in [2.75, 3.05) is 13.1 Å². The van der Waals surface area contributed by atoms with Crippen LogP contribution >= 0.6 is 38.5 Å². The maximum absolute atomic E-state index is 5.41. The number of halogens is 2. The molecule has 0 bridgehead atoms. The summed E-state index contributed by atoms with van der Waals surface area (Å²) in [6.45, 7) is 2.18. The first-order valence-corrected chi connectivity index (χ1v) is 8.58. The molecule has 1 aromatic heterocycles. The number of nitrogens with one attached hydrogen (secondary N) is 1. The first-order chi connectivity index (χ1) is 9.72. The summed E-state index contributed by atoms with van der Waals surface area (Å²) in [5.41, 5.74) is 0.956. The van der Waals surface area contributed by atoms with E-state index in [1.807, 2.05) is 18.2 Å². The van der Waals surface area contributed by atoms with E-state index in [1.54, 1.807) is 0 Å². The lowest BCUT2D eigenvalue weighted by molar-refractivity contribution is 0.360. The average molecular weight is 448 g/mol. The van der Waals surface area contributed by atoms with Crippen molar-refractivity contribution < 1.29 is 4.52 Å². The lowest BCUT2D eigenvalue weighted by Crippen LogP contribution is -2.31. The molecule has 1 N–H and O–H groups in total. The molecule has 0 saturated carbocycles. The van der Waals surface area contributed by atoms with Gasteiger partial charge in [-0.25, -0.2) is 0 Å². The standard InChI is InChI=1S/C14H15BrIN3O/c15-12-4-3-10(16)7-11(12)14-18-13(19-20-14)6-9-2-1-5-17-8-9/h3-4,7,9,17H,1-2,5-6,8H2. The average Bonchev–Trinajstić information content (AvgIpc) is 2.91. The quantitative estimate of drug-likeness (QED) is 0.729. The van der Waals surface area contributed by atoms with Gasteiger partial charge in [-0.2, -0.15) is 4.98 Å². The monoisotopic (exact) mass is 447 g/mol. The molecule has 2 aromatic rings. The molecule has 4 nitrogen and oxygen atoms in total. The Balaban J connectivity index is 1.77. The fourth-order valence-electron chi connectivity index (χ4n) is 2.46. The molecular formula is C14H15BrIN3O. The Kier molecular flexibility index (Phi) is 4.72. The van der Waals surface area contributed by atoms with Crippen LogP contribution in [0.25, 0.3) is 11.5 Å². The van der Waals surface area contributed by atoms with Gasteiger partial charge in [0.2, 0.25) is 0 Å². The van der Waals surface area contributed by atoms with Gasteiger partial charge in [-0.3, -0.25) is 0 Å². The van der Waals surface area contributed by atoms with Gasteiger partial charge >= 0.3 is 0 Å². The molecule has 1 aromatic carbocycles. The molecule has 0 amide bonds. The van der Waals surface area contributed by atoms with E-state index in [4.69, 9.17) is 4.52 Å². The first kappa shape index (κ1) is 14.5. The highest BCUT2D eigenvalue weighted by molar-refractivity contribution is 14.1. The van der Waals surface area contributed by atoms with Crippen LogP contribution in [0, 0.1) is 9.49 Å². The van der Waals surface area contributed by atoms with Crippen LogP contribution < -0.4 is 5.32 Å². The van der Waals surface area contributed by atoms with Crippen LogP contribution in [0.4, 0.5) is 0 Å². The van der Waals surface area contributed by atoms with Gasteiger partial charge in [0.1, 0.15) is 0 Å². The lowest BCUT2D eigenvalue weighted by Gasteiger charge is -2.20. The fourth-order valence-corrected chi connectivity index (χ4v) is 3.37. The lowest BCUT2D eigenvalue weighted by atomic mass is 9.96. The zero-order valence-corrected chi connectivity index (χ0v) is 14.6. The predicted molar refractivity (Wildman–Crippen MR) is 89.4 cm³/mol. The molecule has 6 heteroatoms. The zero-order chi connectivity index (χ0) is 13.9. The second-order valence-corrected chi connectivity index (χ2v) is 7.16. The minimum atomic E-state index is 0.592. The number of aromatic nitrogens is 2. The Labute approximate surface area is 140 Å². The second kappa shape index (κ2) is 6.53. The summed E-state index contributed by atoms with van der Waals surface area (Å²) in [6, 6.07) is 6.09. The van der Waals surface area contributed by atoms with Crippen molar-refractivity contribution in [3.05, 3.63) is 32.1 Å². The third kappa shape index (κ3) is 3.40. The zero-order valence-electron chi connectivity index (χ0n) is 10.9. The van der Waals surface area contributed by atoms with E-state index in [0.29, 0.717) is 11.8 Å². The Bertz CT molecular complexity index is 596. The van der Waals surface area contributed by atoms with Crippen molar-refractivity contribution in [1.82, 2.24) is 15.5 Å². The van der Waals surface area contributed by atoms with Crippen LogP contribution in [-0.2, 0) is 6.42 Å². The summed E-state index contributed by atoms with van der Waals surface area (Å²) >= 11 is 5.82. The van der Waals surface area contributed by atoms with E-state index in [1.165, 1.54) is 12.8 Å². The minimum absolute atomic E-state index is 0.592. The third-order valence-corrected chi connectivity index (χ3v) is 4.86. The molecule has 1 aliphatic heterocycles. The number of hydrogen-bond donors (Lipinski definition) is 1. The van der Waals surface area contributed by atoms with E-state index in [-0.39, 0.29) is 0 Å². The van der Waals surface area contributed by atoms with Gasteiger partial charge in [0.05, 0.1) is 5.56 Å². The largest absolute Gasteiger partial charge is 0.334 e. The van der Waals surface area contributed by atoms with Crippen LogP contribution in [0.2, 0.25) is 0 Å². The molecule has 20 heavy (non-hydrogen) atoms. The molecule has 1 unspecified atom stereocenters. The summed E-state index contributed by atoms with van der Waals surface area (Å²) in [5.74, 6) is 2.02. The SMILES string of the molecule is Brc1ccc(I)cc1-c1nc(CC2CCCNC2)no1. The van der Waals surface area contributed by atoms with Gasteiger partial charge < -0.3 is 9.84 Å². The minimum Gasteiger partial charge on any atom is -0.334 e. The number of benzene rings is 1. The highest BCUT2D eigenvalue weighted by Gasteiger charge is 2.18. The van der Waals surface area contributed by atoms with Crippen molar-refractivity contribution in [3.8, 4) is 11.5 Å². The summed E-state index contributed by atoms with van der Waals surface area (Å²) in [7, 11) is 0. The van der Waals surface area contributed by atoms with Gasteiger partial charge in [0.15, 0.2) is 5.82 Å². The Morgan fingerprint density at radius 3 is 3.15 bits per heavy atom. The molecule has 0 radical (unpaired) electrons. The van der Waals surface area contributed by atoms with Crippen molar-refractivity contribution >= 4 is 38.5 Å². The van der Waals surface area contributed by atoms with E-state index >= 15 is 0 Å². The van der Waals surface area contributed by atoms with E-state index in [0.717, 1.165) is 38.9 Å². The highest BCUT2D eigenvalue weighted by atomic mass is 127. The fraction of sp³-hybridized carbons (Fsp3) is 0.429. The van der Waals surface area contributed by atoms with Gasteiger partial charge in [-0.1, -0.05) is 5.16 Å². The highest BCUT2D eigenvalue weighted by Crippen LogP contribution is 2.29. The predicted octanol–water partition coefficient (Wildman–Crippen LogP) is 3.65. The molecule has 1 fully saturated rings. The molecule has 1 aliphatic rings. The number of piperidine rings is 1. The first-order valence-electron chi connectivity index (χ1n) is 6.71. The smallest absolute Gasteiger partial charge is 0.259 e. The molecule has 2 heterocycles. The normalized spacial score (nSPS) is 19.2. The maximum Gasteiger partial charge on any atom is 0.259 e. The van der Waals surface area contributed by atoms with Crippen LogP contribution in [0.3, 0.4) is 0 Å². The summed E-state index contributed by atoms with van der Waals surface area (Å²) in [5, 5.41) is 7.54. The molecule has 0 aliphatic carbocycles. The molecule has 3 rings (SSSR count). The van der Waals surface area contributed by atoms with Crippen molar-refractivity contribution in [2.45, 2.75) is 19.3 Å². The molecule has 0 spiro atoms. The van der Waals surface area contributed by atoms with Crippen molar-refractivity contribution in [1.29, 1.82) is 0 Å².